The van der Waals surface area contributed by atoms with Crippen LogP contribution in [0.3, 0.4) is 0 Å². The quantitative estimate of drug-likeness (QED) is 0.550. The summed E-state index contributed by atoms with van der Waals surface area (Å²) in [4.78, 5) is 21.9. The summed E-state index contributed by atoms with van der Waals surface area (Å²) in [6.07, 6.45) is 0.917. The highest BCUT2D eigenvalue weighted by Gasteiger charge is 2.30. The average Bonchev–Trinajstić information content (AvgIpc) is 2.23. The minimum atomic E-state index is -1.95. The monoisotopic (exact) mass is 246 g/mol. The van der Waals surface area contributed by atoms with Gasteiger partial charge in [-0.1, -0.05) is 20.8 Å². The van der Waals surface area contributed by atoms with Gasteiger partial charge in [0.25, 0.3) is 0 Å². The molecule has 0 saturated carbocycles. The molecule has 0 rings (SSSR count). The number of carbonyl (C=O) groups excluding carboxylic acids is 1. The van der Waals surface area contributed by atoms with Crippen molar-refractivity contribution in [3.8, 4) is 0 Å². The fraction of sp³-hybridized carbons (Fsp3) is 0.818. The van der Waals surface area contributed by atoms with E-state index in [1.165, 1.54) is 0 Å². The second kappa shape index (κ2) is 5.86. The maximum absolute atomic E-state index is 11.3. The summed E-state index contributed by atoms with van der Waals surface area (Å²) in [5, 5.41) is 23.0. The Morgan fingerprint density at radius 2 is 1.59 bits per heavy atom. The predicted molar refractivity (Wildman–Crippen MR) is 63.7 cm³/mol. The maximum Gasteiger partial charge on any atom is 0.337 e. The predicted octanol–water partition coefficient (Wildman–Crippen LogP) is 0.557. The highest BCUT2D eigenvalue weighted by atomic mass is 16.4. The lowest BCUT2D eigenvalue weighted by atomic mass is 9.90. The fourth-order valence-corrected chi connectivity index (χ4v) is 0.835. The molecule has 17 heavy (non-hydrogen) atoms. The molecule has 0 spiro atoms. The largest absolute Gasteiger partial charge is 0.479 e. The molecule has 0 aromatic heterocycles. The summed E-state index contributed by atoms with van der Waals surface area (Å²) in [6.45, 7) is 7.34. The minimum absolute atomic E-state index is 0.00729. The van der Waals surface area contributed by atoms with Crippen LogP contribution in [0.15, 0.2) is 0 Å². The van der Waals surface area contributed by atoms with E-state index < -0.39 is 17.6 Å². The molecule has 0 aromatic rings. The van der Waals surface area contributed by atoms with Gasteiger partial charge in [-0.05, 0) is 18.8 Å². The zero-order valence-electron chi connectivity index (χ0n) is 10.8. The molecule has 0 bridgehead atoms. The maximum atomic E-state index is 11.3. The van der Waals surface area contributed by atoms with Crippen LogP contribution in [0, 0.1) is 5.41 Å². The van der Waals surface area contributed by atoms with Crippen molar-refractivity contribution in [1.82, 2.24) is 10.6 Å². The third-order valence-corrected chi connectivity index (χ3v) is 2.74. The lowest BCUT2D eigenvalue weighted by Gasteiger charge is -2.24. The summed E-state index contributed by atoms with van der Waals surface area (Å²) < 4.78 is 0. The van der Waals surface area contributed by atoms with Crippen LogP contribution < -0.4 is 10.6 Å². The van der Waals surface area contributed by atoms with E-state index >= 15 is 0 Å². The number of urea groups is 1. The molecule has 4 N–H and O–H groups in total. The molecule has 0 aromatic carbocycles. The standard InChI is InChI=1S/C11H22N2O4/c1-5-10(2,3)6-12-9(16)13-7-11(4,17)8(14)15/h17H,5-7H2,1-4H3,(H,14,15)(H2,12,13,16). The molecule has 0 aliphatic heterocycles. The molecule has 0 aliphatic carbocycles. The van der Waals surface area contributed by atoms with Gasteiger partial charge in [-0.3, -0.25) is 0 Å². The number of carboxylic acids is 1. The van der Waals surface area contributed by atoms with Crippen molar-refractivity contribution in [1.29, 1.82) is 0 Å². The van der Waals surface area contributed by atoms with Crippen molar-refractivity contribution >= 4 is 12.0 Å². The van der Waals surface area contributed by atoms with Gasteiger partial charge in [0.1, 0.15) is 0 Å². The molecule has 0 saturated heterocycles. The van der Waals surface area contributed by atoms with Crippen molar-refractivity contribution in [2.24, 2.45) is 5.41 Å². The summed E-state index contributed by atoms with van der Waals surface area (Å²) in [5.74, 6) is -1.37. The number of hydrogen-bond donors (Lipinski definition) is 4. The molecule has 0 heterocycles. The fourth-order valence-electron chi connectivity index (χ4n) is 0.835. The van der Waals surface area contributed by atoms with Gasteiger partial charge in [0, 0.05) is 6.54 Å². The first-order valence-corrected chi connectivity index (χ1v) is 5.58. The third-order valence-electron chi connectivity index (χ3n) is 2.74. The van der Waals surface area contributed by atoms with Crippen molar-refractivity contribution in [2.45, 2.75) is 39.7 Å². The number of aliphatic carboxylic acids is 1. The van der Waals surface area contributed by atoms with Gasteiger partial charge >= 0.3 is 12.0 Å². The van der Waals surface area contributed by atoms with Crippen molar-refractivity contribution in [2.75, 3.05) is 13.1 Å². The van der Waals surface area contributed by atoms with E-state index in [9.17, 15) is 14.7 Å². The summed E-state index contributed by atoms with van der Waals surface area (Å²) in [7, 11) is 0. The highest BCUT2D eigenvalue weighted by Crippen LogP contribution is 2.17. The molecule has 6 nitrogen and oxygen atoms in total. The second-order valence-corrected chi connectivity index (χ2v) is 5.13. The molecule has 1 atom stereocenters. The van der Waals surface area contributed by atoms with E-state index in [4.69, 9.17) is 5.11 Å². The molecule has 1 unspecified atom stereocenters. The lowest BCUT2D eigenvalue weighted by Crippen LogP contribution is -2.50. The first kappa shape index (κ1) is 15.7. The van der Waals surface area contributed by atoms with Crippen LogP contribution in [0.25, 0.3) is 0 Å². The second-order valence-electron chi connectivity index (χ2n) is 5.13. The Balaban J connectivity index is 4.01. The van der Waals surface area contributed by atoms with Crippen LogP contribution in [-0.2, 0) is 4.79 Å². The number of nitrogens with one attached hydrogen (secondary N) is 2. The SMILES string of the molecule is CCC(C)(C)CNC(=O)NCC(C)(O)C(=O)O. The van der Waals surface area contributed by atoms with Crippen molar-refractivity contribution < 1.29 is 19.8 Å². The molecular formula is C11H22N2O4. The van der Waals surface area contributed by atoms with Crippen LogP contribution >= 0.6 is 0 Å². The molecule has 0 fully saturated rings. The van der Waals surface area contributed by atoms with Crippen LogP contribution in [0.2, 0.25) is 0 Å². The van der Waals surface area contributed by atoms with Gasteiger partial charge in [-0.25, -0.2) is 9.59 Å². The number of amides is 2. The van der Waals surface area contributed by atoms with Crippen LogP contribution in [0.1, 0.15) is 34.1 Å². The zero-order valence-corrected chi connectivity index (χ0v) is 10.8. The van der Waals surface area contributed by atoms with Crippen LogP contribution in [0.4, 0.5) is 4.79 Å². The van der Waals surface area contributed by atoms with Gasteiger partial charge in [0.05, 0.1) is 6.54 Å². The number of carbonyl (C=O) groups is 2. The summed E-state index contributed by atoms with van der Waals surface area (Å²) in [5.41, 5.74) is -1.95. The zero-order chi connectivity index (χ0) is 13.7. The van der Waals surface area contributed by atoms with Crippen LogP contribution in [0.5, 0.6) is 0 Å². The number of aliphatic hydroxyl groups is 1. The number of hydrogen-bond acceptors (Lipinski definition) is 3. The summed E-state index contributed by atoms with van der Waals surface area (Å²) in [6, 6.07) is -0.479. The van der Waals surface area contributed by atoms with Gasteiger partial charge in [-0.15, -0.1) is 0 Å². The smallest absolute Gasteiger partial charge is 0.337 e. The highest BCUT2D eigenvalue weighted by molar-refractivity contribution is 5.79. The van der Waals surface area contributed by atoms with Crippen molar-refractivity contribution in [3.63, 3.8) is 0 Å². The van der Waals surface area contributed by atoms with E-state index in [1.54, 1.807) is 0 Å². The van der Waals surface area contributed by atoms with E-state index in [0.29, 0.717) is 6.54 Å². The molecule has 0 aliphatic rings. The molecular weight excluding hydrogens is 224 g/mol. The Labute approximate surface area is 101 Å². The summed E-state index contributed by atoms with van der Waals surface area (Å²) >= 11 is 0. The van der Waals surface area contributed by atoms with E-state index in [-0.39, 0.29) is 12.0 Å². The Morgan fingerprint density at radius 3 is 2.00 bits per heavy atom. The topological polar surface area (TPSA) is 98.7 Å². The Kier molecular flexibility index (Phi) is 5.41. The molecule has 0 radical (unpaired) electrons. The average molecular weight is 246 g/mol. The van der Waals surface area contributed by atoms with E-state index in [0.717, 1.165) is 13.3 Å². The van der Waals surface area contributed by atoms with Gasteiger partial charge in [-0.2, -0.15) is 0 Å². The molecule has 100 valence electrons. The normalized spacial score (nSPS) is 14.9. The van der Waals surface area contributed by atoms with Gasteiger partial charge in [0.15, 0.2) is 5.60 Å². The molecule has 2 amide bonds. The molecule has 6 heteroatoms. The first-order valence-electron chi connectivity index (χ1n) is 5.58. The Morgan fingerprint density at radius 1 is 1.12 bits per heavy atom. The van der Waals surface area contributed by atoms with Gasteiger partial charge in [0.2, 0.25) is 0 Å². The minimum Gasteiger partial charge on any atom is -0.479 e. The van der Waals surface area contributed by atoms with E-state index in [2.05, 4.69) is 10.6 Å². The van der Waals surface area contributed by atoms with Crippen molar-refractivity contribution in [3.05, 3.63) is 0 Å². The number of carboxylic acid groups (broad SMARTS) is 1. The van der Waals surface area contributed by atoms with E-state index in [1.807, 2.05) is 20.8 Å². The van der Waals surface area contributed by atoms with Gasteiger partial charge < -0.3 is 20.8 Å². The lowest BCUT2D eigenvalue weighted by molar-refractivity contribution is -0.155. The first-order chi connectivity index (χ1) is 7.60. The third kappa shape index (κ3) is 6.11. The Hall–Kier alpha value is -1.30. The van der Waals surface area contributed by atoms with Crippen LogP contribution in [-0.4, -0.2) is 40.9 Å². The number of rotatable bonds is 6. The Bertz CT molecular complexity index is 287.